The molecule has 1 aliphatic heterocycles. The minimum atomic E-state index is -0.610. The Labute approximate surface area is 202 Å². The summed E-state index contributed by atoms with van der Waals surface area (Å²) in [4.78, 5) is 18.7. The van der Waals surface area contributed by atoms with Crippen LogP contribution in [0.3, 0.4) is 0 Å². The third-order valence-corrected chi connectivity index (χ3v) is 6.94. The summed E-state index contributed by atoms with van der Waals surface area (Å²) in [7, 11) is 0. The van der Waals surface area contributed by atoms with Gasteiger partial charge in [0.1, 0.15) is 12.4 Å². The minimum absolute atomic E-state index is 0.0717. The quantitative estimate of drug-likeness (QED) is 0.505. The molecule has 0 fully saturated rings. The molecule has 0 aliphatic carbocycles. The summed E-state index contributed by atoms with van der Waals surface area (Å²) in [6, 6.07) is 9.99. The van der Waals surface area contributed by atoms with Gasteiger partial charge in [0.25, 0.3) is 0 Å². The zero-order chi connectivity index (χ0) is 23.8. The number of para-hydroxylation sites is 1. The summed E-state index contributed by atoms with van der Waals surface area (Å²) >= 11 is 1.75. The first kappa shape index (κ1) is 25.7. The van der Waals surface area contributed by atoms with E-state index in [1.807, 2.05) is 47.9 Å². The first-order valence-electron chi connectivity index (χ1n) is 11.9. The Morgan fingerprint density at radius 2 is 2.06 bits per heavy atom. The van der Waals surface area contributed by atoms with Crippen LogP contribution in [0, 0.1) is 12.8 Å². The Bertz CT molecular complexity index is 885. The van der Waals surface area contributed by atoms with Crippen molar-refractivity contribution in [2.24, 2.45) is 5.92 Å². The lowest BCUT2D eigenvalue weighted by Crippen LogP contribution is -2.48. The van der Waals surface area contributed by atoms with E-state index >= 15 is 0 Å². The number of ether oxygens (including phenoxy) is 2. The summed E-state index contributed by atoms with van der Waals surface area (Å²) in [5, 5.41) is 12.5. The van der Waals surface area contributed by atoms with Crippen molar-refractivity contribution in [2.45, 2.75) is 46.3 Å². The van der Waals surface area contributed by atoms with Gasteiger partial charge >= 0.3 is 0 Å². The van der Waals surface area contributed by atoms with Gasteiger partial charge in [-0.25, -0.2) is 0 Å². The average Bonchev–Trinajstić information content (AvgIpc) is 3.26. The highest BCUT2D eigenvalue weighted by Gasteiger charge is 2.33. The lowest BCUT2D eigenvalue weighted by atomic mass is 10.0. The molecule has 6 nitrogen and oxygen atoms in total. The number of hydrogen-bond acceptors (Lipinski definition) is 6. The molecule has 1 aliphatic rings. The molecule has 33 heavy (non-hydrogen) atoms. The number of carbonyl (C=O) groups excluding carboxylic acids is 1. The first-order valence-corrected chi connectivity index (χ1v) is 12.8. The summed E-state index contributed by atoms with van der Waals surface area (Å²) in [5.41, 5.74) is 2.28. The van der Waals surface area contributed by atoms with Gasteiger partial charge in [-0.05, 0) is 54.4 Å². The van der Waals surface area contributed by atoms with Crippen LogP contribution in [0.1, 0.15) is 42.8 Å². The molecule has 1 aromatic carbocycles. The Morgan fingerprint density at radius 3 is 2.79 bits per heavy atom. The van der Waals surface area contributed by atoms with E-state index < -0.39 is 6.10 Å². The van der Waals surface area contributed by atoms with E-state index in [1.165, 1.54) is 10.4 Å². The SMILES string of the molecule is CCN(CC(=O)N1CCc2sccc2C1COc1ccccc1C)CC(O)COCC(C)C. The summed E-state index contributed by atoms with van der Waals surface area (Å²) in [6.45, 7) is 11.6. The standard InChI is InChI=1S/C26H38N2O4S/c1-5-27(14-21(29)17-31-16-19(2)3)15-26(30)28-12-10-25-22(11-13-33-25)23(28)18-32-24-9-7-6-8-20(24)4/h6-9,11,13,19,21,23,29H,5,10,12,14-18H2,1-4H3. The zero-order valence-corrected chi connectivity index (χ0v) is 21.1. The maximum Gasteiger partial charge on any atom is 0.237 e. The number of aliphatic hydroxyl groups is 1. The summed E-state index contributed by atoms with van der Waals surface area (Å²) in [5.74, 6) is 1.36. The van der Waals surface area contributed by atoms with Crippen LogP contribution >= 0.6 is 11.3 Å². The van der Waals surface area contributed by atoms with Gasteiger partial charge in [-0.15, -0.1) is 11.3 Å². The zero-order valence-electron chi connectivity index (χ0n) is 20.3. The van der Waals surface area contributed by atoms with Crippen molar-refractivity contribution in [3.63, 3.8) is 0 Å². The van der Waals surface area contributed by atoms with Crippen LogP contribution in [0.5, 0.6) is 5.75 Å². The highest BCUT2D eigenvalue weighted by molar-refractivity contribution is 7.10. The monoisotopic (exact) mass is 474 g/mol. The molecule has 0 spiro atoms. The van der Waals surface area contributed by atoms with E-state index in [-0.39, 0.29) is 25.1 Å². The van der Waals surface area contributed by atoms with E-state index in [1.54, 1.807) is 11.3 Å². The topological polar surface area (TPSA) is 62.2 Å². The van der Waals surface area contributed by atoms with Crippen molar-refractivity contribution in [3.8, 4) is 5.75 Å². The van der Waals surface area contributed by atoms with E-state index in [9.17, 15) is 9.90 Å². The second kappa shape index (κ2) is 12.5. The fourth-order valence-corrected chi connectivity index (χ4v) is 5.07. The van der Waals surface area contributed by atoms with Gasteiger partial charge < -0.3 is 19.5 Å². The molecule has 7 heteroatoms. The minimum Gasteiger partial charge on any atom is -0.491 e. The number of thiophene rings is 1. The number of hydrogen-bond donors (Lipinski definition) is 1. The number of benzene rings is 1. The number of amides is 1. The highest BCUT2D eigenvalue weighted by Crippen LogP contribution is 2.34. The molecule has 1 amide bonds. The molecule has 0 saturated carbocycles. The maximum atomic E-state index is 13.4. The second-order valence-electron chi connectivity index (χ2n) is 9.14. The molecule has 0 radical (unpaired) electrons. The van der Waals surface area contributed by atoms with Crippen LogP contribution < -0.4 is 4.74 Å². The predicted molar refractivity (Wildman–Crippen MR) is 133 cm³/mol. The first-order chi connectivity index (χ1) is 15.9. The van der Waals surface area contributed by atoms with E-state index in [0.29, 0.717) is 38.8 Å². The van der Waals surface area contributed by atoms with Crippen LogP contribution in [0.4, 0.5) is 0 Å². The molecule has 2 unspecified atom stereocenters. The van der Waals surface area contributed by atoms with Gasteiger partial charge in [0.15, 0.2) is 0 Å². The van der Waals surface area contributed by atoms with Gasteiger partial charge in [-0.2, -0.15) is 0 Å². The molecule has 0 bridgehead atoms. The average molecular weight is 475 g/mol. The van der Waals surface area contributed by atoms with Gasteiger partial charge in [0.05, 0.1) is 25.3 Å². The number of aryl methyl sites for hydroxylation is 1. The lowest BCUT2D eigenvalue weighted by Gasteiger charge is -2.37. The van der Waals surface area contributed by atoms with Crippen molar-refractivity contribution >= 4 is 17.2 Å². The predicted octanol–water partition coefficient (Wildman–Crippen LogP) is 3.92. The largest absolute Gasteiger partial charge is 0.491 e. The fraction of sp³-hybridized carbons (Fsp3) is 0.577. The molecule has 1 N–H and O–H groups in total. The van der Waals surface area contributed by atoms with Crippen LogP contribution in [0.25, 0.3) is 0 Å². The van der Waals surface area contributed by atoms with Crippen molar-refractivity contribution in [1.29, 1.82) is 0 Å². The number of rotatable bonds is 12. The van der Waals surface area contributed by atoms with Crippen molar-refractivity contribution < 1.29 is 19.4 Å². The molecule has 2 aromatic rings. The molecule has 2 atom stereocenters. The van der Waals surface area contributed by atoms with Crippen LogP contribution in [-0.4, -0.2) is 72.9 Å². The fourth-order valence-electron chi connectivity index (χ4n) is 4.14. The molecule has 0 saturated heterocycles. The van der Waals surface area contributed by atoms with Crippen molar-refractivity contribution in [1.82, 2.24) is 9.80 Å². The Balaban J connectivity index is 1.63. The number of carbonyl (C=O) groups is 1. The second-order valence-corrected chi connectivity index (χ2v) is 10.1. The van der Waals surface area contributed by atoms with Gasteiger partial charge in [-0.1, -0.05) is 39.0 Å². The maximum absolute atomic E-state index is 13.4. The van der Waals surface area contributed by atoms with Gasteiger partial charge in [0.2, 0.25) is 5.91 Å². The third kappa shape index (κ3) is 7.27. The highest BCUT2D eigenvalue weighted by atomic mass is 32.1. The van der Waals surface area contributed by atoms with E-state index in [0.717, 1.165) is 17.7 Å². The van der Waals surface area contributed by atoms with E-state index in [4.69, 9.17) is 9.47 Å². The van der Waals surface area contributed by atoms with Crippen LogP contribution in [-0.2, 0) is 16.0 Å². The Kier molecular flexibility index (Phi) is 9.74. The molecule has 182 valence electrons. The summed E-state index contributed by atoms with van der Waals surface area (Å²) < 4.78 is 11.7. The Hall–Kier alpha value is -1.93. The number of aliphatic hydroxyl groups excluding tert-OH is 1. The molecule has 3 rings (SSSR count). The van der Waals surface area contributed by atoms with Crippen LogP contribution in [0.15, 0.2) is 35.7 Å². The lowest BCUT2D eigenvalue weighted by molar-refractivity contribution is -0.136. The molecular formula is C26H38N2O4S. The molecule has 2 heterocycles. The number of nitrogens with zero attached hydrogens (tertiary/aromatic N) is 2. The normalized spacial score (nSPS) is 16.8. The van der Waals surface area contributed by atoms with Crippen LogP contribution in [0.2, 0.25) is 0 Å². The van der Waals surface area contributed by atoms with E-state index in [2.05, 4.69) is 25.3 Å². The number of likely N-dealkylation sites (N-methyl/N-ethyl adjacent to an activating group) is 1. The third-order valence-electron chi connectivity index (χ3n) is 5.94. The van der Waals surface area contributed by atoms with Gasteiger partial charge in [-0.3, -0.25) is 9.69 Å². The smallest absolute Gasteiger partial charge is 0.237 e. The molecular weight excluding hydrogens is 436 g/mol. The van der Waals surface area contributed by atoms with Crippen molar-refractivity contribution in [3.05, 3.63) is 51.7 Å². The number of fused-ring (bicyclic) bond motifs is 1. The molecule has 1 aromatic heterocycles. The Morgan fingerprint density at radius 1 is 1.27 bits per heavy atom. The van der Waals surface area contributed by atoms with Crippen molar-refractivity contribution in [2.75, 3.05) is 46.0 Å². The van der Waals surface area contributed by atoms with Gasteiger partial charge in [0, 0.05) is 24.6 Å². The summed E-state index contributed by atoms with van der Waals surface area (Å²) in [6.07, 6.45) is 0.263.